The summed E-state index contributed by atoms with van der Waals surface area (Å²) < 4.78 is 0. The standard InChI is InChI=1S/C12H26N2/c1-11(13)7-9-14-10-8-12-5-3-2-4-6-12/h11-12,14H,2-10,13H2,1H3. The molecule has 1 unspecified atom stereocenters. The van der Waals surface area contributed by atoms with Crippen LogP contribution in [0.5, 0.6) is 0 Å². The van der Waals surface area contributed by atoms with Gasteiger partial charge >= 0.3 is 0 Å². The van der Waals surface area contributed by atoms with Crippen LogP contribution >= 0.6 is 0 Å². The molecule has 3 N–H and O–H groups in total. The van der Waals surface area contributed by atoms with E-state index >= 15 is 0 Å². The molecule has 0 saturated heterocycles. The van der Waals surface area contributed by atoms with Gasteiger partial charge in [-0.15, -0.1) is 0 Å². The molecule has 84 valence electrons. The van der Waals surface area contributed by atoms with Crippen LogP contribution in [0.25, 0.3) is 0 Å². The summed E-state index contributed by atoms with van der Waals surface area (Å²) in [5.41, 5.74) is 5.68. The van der Waals surface area contributed by atoms with Gasteiger partial charge in [0, 0.05) is 6.04 Å². The van der Waals surface area contributed by atoms with E-state index in [1.165, 1.54) is 45.1 Å². The molecule has 0 aromatic heterocycles. The van der Waals surface area contributed by atoms with E-state index in [-0.39, 0.29) is 0 Å². The Hall–Kier alpha value is -0.0800. The highest BCUT2D eigenvalue weighted by Gasteiger charge is 2.12. The zero-order chi connectivity index (χ0) is 10.2. The highest BCUT2D eigenvalue weighted by molar-refractivity contribution is 4.67. The van der Waals surface area contributed by atoms with Gasteiger partial charge in [0.15, 0.2) is 0 Å². The van der Waals surface area contributed by atoms with Crippen LogP contribution in [0.1, 0.15) is 51.9 Å². The average molecular weight is 198 g/mol. The molecule has 0 amide bonds. The minimum Gasteiger partial charge on any atom is -0.328 e. The molecule has 1 fully saturated rings. The van der Waals surface area contributed by atoms with Crippen LogP contribution in [0.2, 0.25) is 0 Å². The summed E-state index contributed by atoms with van der Waals surface area (Å²) >= 11 is 0. The molecule has 0 heterocycles. The lowest BCUT2D eigenvalue weighted by Gasteiger charge is -2.21. The van der Waals surface area contributed by atoms with Crippen molar-refractivity contribution in [2.24, 2.45) is 11.7 Å². The Morgan fingerprint density at radius 2 is 1.93 bits per heavy atom. The Morgan fingerprint density at radius 1 is 1.21 bits per heavy atom. The molecule has 1 rings (SSSR count). The van der Waals surface area contributed by atoms with Crippen molar-refractivity contribution in [3.05, 3.63) is 0 Å². The van der Waals surface area contributed by atoms with Gasteiger partial charge in [0.1, 0.15) is 0 Å². The van der Waals surface area contributed by atoms with E-state index in [4.69, 9.17) is 5.73 Å². The lowest BCUT2D eigenvalue weighted by atomic mass is 9.87. The van der Waals surface area contributed by atoms with Gasteiger partial charge in [-0.3, -0.25) is 0 Å². The van der Waals surface area contributed by atoms with Crippen LogP contribution in [-0.4, -0.2) is 19.1 Å². The minimum atomic E-state index is 0.345. The molecule has 0 aromatic rings. The summed E-state index contributed by atoms with van der Waals surface area (Å²) in [7, 11) is 0. The van der Waals surface area contributed by atoms with Crippen LogP contribution in [0, 0.1) is 5.92 Å². The summed E-state index contributed by atoms with van der Waals surface area (Å²) in [6, 6.07) is 0.345. The molecule has 2 heteroatoms. The molecule has 0 spiro atoms. The van der Waals surface area contributed by atoms with Crippen LogP contribution < -0.4 is 11.1 Å². The van der Waals surface area contributed by atoms with Crippen molar-refractivity contribution in [1.82, 2.24) is 5.32 Å². The van der Waals surface area contributed by atoms with Gasteiger partial charge in [0.05, 0.1) is 0 Å². The Balaban J connectivity index is 1.87. The molecule has 1 aliphatic rings. The molecule has 0 radical (unpaired) electrons. The van der Waals surface area contributed by atoms with E-state index in [9.17, 15) is 0 Å². The van der Waals surface area contributed by atoms with Crippen LogP contribution in [-0.2, 0) is 0 Å². The number of hydrogen-bond donors (Lipinski definition) is 2. The molecular weight excluding hydrogens is 172 g/mol. The van der Waals surface area contributed by atoms with E-state index < -0.39 is 0 Å². The molecule has 0 aliphatic heterocycles. The first kappa shape index (κ1) is 12.0. The Bertz CT molecular complexity index is 128. The smallest absolute Gasteiger partial charge is 0.00225 e. The average Bonchev–Trinajstić information content (AvgIpc) is 2.18. The normalized spacial score (nSPS) is 21.0. The fourth-order valence-electron chi connectivity index (χ4n) is 2.24. The third-order valence-electron chi connectivity index (χ3n) is 3.23. The number of nitrogens with one attached hydrogen (secondary N) is 1. The van der Waals surface area contributed by atoms with Gasteiger partial charge in [-0.1, -0.05) is 32.1 Å². The predicted octanol–water partition coefficient (Wildman–Crippen LogP) is 2.28. The molecule has 0 bridgehead atoms. The molecule has 14 heavy (non-hydrogen) atoms. The maximum absolute atomic E-state index is 5.68. The van der Waals surface area contributed by atoms with Gasteiger partial charge in [0.2, 0.25) is 0 Å². The maximum atomic E-state index is 5.68. The quantitative estimate of drug-likeness (QED) is 0.643. The Labute approximate surface area is 88.6 Å². The maximum Gasteiger partial charge on any atom is 0.00225 e. The fraction of sp³-hybridized carbons (Fsp3) is 1.00. The minimum absolute atomic E-state index is 0.345. The largest absolute Gasteiger partial charge is 0.328 e. The first-order valence-corrected chi connectivity index (χ1v) is 6.25. The van der Waals surface area contributed by atoms with Crippen molar-refractivity contribution in [2.75, 3.05) is 13.1 Å². The van der Waals surface area contributed by atoms with Gasteiger partial charge in [0.25, 0.3) is 0 Å². The lowest BCUT2D eigenvalue weighted by Crippen LogP contribution is -2.25. The second-order valence-electron chi connectivity index (χ2n) is 4.81. The number of nitrogens with two attached hydrogens (primary N) is 1. The highest BCUT2D eigenvalue weighted by Crippen LogP contribution is 2.25. The SMILES string of the molecule is CC(N)CCNCCC1CCCCC1. The Morgan fingerprint density at radius 3 is 2.57 bits per heavy atom. The summed E-state index contributed by atoms with van der Waals surface area (Å²) in [5.74, 6) is 1.01. The van der Waals surface area contributed by atoms with Crippen LogP contribution in [0.15, 0.2) is 0 Å². The number of hydrogen-bond acceptors (Lipinski definition) is 2. The second kappa shape index (κ2) is 7.24. The molecule has 2 nitrogen and oxygen atoms in total. The summed E-state index contributed by atoms with van der Waals surface area (Å²) in [6.45, 7) is 4.35. The lowest BCUT2D eigenvalue weighted by molar-refractivity contribution is 0.333. The van der Waals surface area contributed by atoms with Crippen molar-refractivity contribution in [1.29, 1.82) is 0 Å². The highest BCUT2D eigenvalue weighted by atomic mass is 14.9. The van der Waals surface area contributed by atoms with Crippen LogP contribution in [0.4, 0.5) is 0 Å². The van der Waals surface area contributed by atoms with Gasteiger partial charge < -0.3 is 11.1 Å². The summed E-state index contributed by atoms with van der Waals surface area (Å²) in [6.07, 6.45) is 9.80. The zero-order valence-electron chi connectivity index (χ0n) is 9.60. The van der Waals surface area contributed by atoms with Gasteiger partial charge in [-0.2, -0.15) is 0 Å². The van der Waals surface area contributed by atoms with E-state index in [2.05, 4.69) is 12.2 Å². The predicted molar refractivity (Wildman–Crippen MR) is 62.3 cm³/mol. The molecule has 0 aromatic carbocycles. The van der Waals surface area contributed by atoms with Crippen molar-refractivity contribution in [3.8, 4) is 0 Å². The Kier molecular flexibility index (Phi) is 6.20. The van der Waals surface area contributed by atoms with E-state index in [0.717, 1.165) is 18.9 Å². The summed E-state index contributed by atoms with van der Waals surface area (Å²) in [4.78, 5) is 0. The zero-order valence-corrected chi connectivity index (χ0v) is 9.60. The van der Waals surface area contributed by atoms with Crippen LogP contribution in [0.3, 0.4) is 0 Å². The van der Waals surface area contributed by atoms with E-state index in [1.54, 1.807) is 0 Å². The first-order valence-electron chi connectivity index (χ1n) is 6.25. The number of rotatable bonds is 6. The molecule has 1 atom stereocenters. The van der Waals surface area contributed by atoms with Crippen molar-refractivity contribution >= 4 is 0 Å². The molecular formula is C12H26N2. The van der Waals surface area contributed by atoms with Crippen molar-refractivity contribution in [2.45, 2.75) is 57.9 Å². The third-order valence-corrected chi connectivity index (χ3v) is 3.23. The summed E-state index contributed by atoms with van der Waals surface area (Å²) in [5, 5.41) is 3.48. The monoisotopic (exact) mass is 198 g/mol. The first-order chi connectivity index (χ1) is 6.79. The van der Waals surface area contributed by atoms with Gasteiger partial charge in [-0.05, 0) is 38.8 Å². The second-order valence-corrected chi connectivity index (χ2v) is 4.81. The topological polar surface area (TPSA) is 38.0 Å². The fourth-order valence-corrected chi connectivity index (χ4v) is 2.24. The van der Waals surface area contributed by atoms with E-state index in [0.29, 0.717) is 6.04 Å². The van der Waals surface area contributed by atoms with Crippen molar-refractivity contribution < 1.29 is 0 Å². The molecule has 1 aliphatic carbocycles. The van der Waals surface area contributed by atoms with E-state index in [1.807, 2.05) is 0 Å². The third kappa shape index (κ3) is 5.61. The molecule has 1 saturated carbocycles. The van der Waals surface area contributed by atoms with Gasteiger partial charge in [-0.25, -0.2) is 0 Å². The van der Waals surface area contributed by atoms with Crippen molar-refractivity contribution in [3.63, 3.8) is 0 Å².